The van der Waals surface area contributed by atoms with Crippen molar-refractivity contribution in [2.45, 2.75) is 65.1 Å². The van der Waals surface area contributed by atoms with Crippen LogP contribution in [0.5, 0.6) is 5.75 Å². The van der Waals surface area contributed by atoms with Crippen LogP contribution in [-0.2, 0) is 22.6 Å². The van der Waals surface area contributed by atoms with Gasteiger partial charge >= 0.3 is 0 Å². The largest absolute Gasteiger partial charge is 0.483 e. The van der Waals surface area contributed by atoms with Crippen LogP contribution in [0.15, 0.2) is 71.2 Å². The first kappa shape index (κ1) is 31.0. The minimum atomic E-state index is -0.809. The van der Waals surface area contributed by atoms with E-state index in [0.29, 0.717) is 33.7 Å². The van der Waals surface area contributed by atoms with Crippen LogP contribution < -0.4 is 10.1 Å². The maximum atomic E-state index is 13.8. The predicted molar refractivity (Wildman–Crippen MR) is 163 cm³/mol. The second-order valence-corrected chi connectivity index (χ2v) is 11.5. The van der Waals surface area contributed by atoms with Gasteiger partial charge in [0.25, 0.3) is 5.91 Å². The number of carbonyl (C=O) groups excluding carboxylic acids is 2. The molecule has 3 rings (SSSR count). The molecular weight excluding hydrogens is 599 g/mol. The Kier molecular flexibility index (Phi) is 11.7. The summed E-state index contributed by atoms with van der Waals surface area (Å²) >= 11 is 16.6. The molecule has 1 N–H and O–H groups in total. The molecule has 8 heteroatoms. The molecule has 2 amide bonds. The van der Waals surface area contributed by atoms with Crippen molar-refractivity contribution in [3.05, 3.63) is 97.9 Å². The van der Waals surface area contributed by atoms with Crippen molar-refractivity contribution in [3.63, 3.8) is 0 Å². The Balaban J connectivity index is 1.96. The summed E-state index contributed by atoms with van der Waals surface area (Å²) in [4.78, 5) is 29.0. The summed E-state index contributed by atoms with van der Waals surface area (Å²) in [6, 6.07) is 19.8. The molecule has 2 atom stereocenters. The van der Waals surface area contributed by atoms with E-state index >= 15 is 0 Å². The average molecular weight is 634 g/mol. The number of halogens is 3. The zero-order valence-electron chi connectivity index (χ0n) is 22.7. The standard InChI is InChI=1S/C31H35BrCl2N2O3/c1-5-21(4)35-31(38)28(16-22-10-7-6-8-11-22)36(18-24-26(33)12-9-13-27(24)34)30(37)19-39-29-15-14-23(20(2)3)17-25(29)32/h6-15,17,20-21,28H,5,16,18-19H2,1-4H3,(H,35,38)/t21-,28-/m1/s1. The Labute approximate surface area is 250 Å². The van der Waals surface area contributed by atoms with Gasteiger partial charge in [-0.1, -0.05) is 86.4 Å². The van der Waals surface area contributed by atoms with Gasteiger partial charge in [-0.15, -0.1) is 0 Å². The summed E-state index contributed by atoms with van der Waals surface area (Å²) in [5.41, 5.74) is 2.66. The van der Waals surface area contributed by atoms with Crippen molar-refractivity contribution in [2.24, 2.45) is 0 Å². The van der Waals surface area contributed by atoms with Gasteiger partial charge in [0, 0.05) is 34.6 Å². The molecular formula is C31H35BrCl2N2O3. The molecule has 0 bridgehead atoms. The lowest BCUT2D eigenvalue weighted by Gasteiger charge is -2.32. The fourth-order valence-electron chi connectivity index (χ4n) is 4.06. The SMILES string of the molecule is CC[C@@H](C)NC(=O)[C@@H](Cc1ccccc1)N(Cc1c(Cl)cccc1Cl)C(=O)COc1ccc(C(C)C)cc1Br. The van der Waals surface area contributed by atoms with Crippen LogP contribution in [0.3, 0.4) is 0 Å². The van der Waals surface area contributed by atoms with Gasteiger partial charge in [0.1, 0.15) is 11.8 Å². The van der Waals surface area contributed by atoms with E-state index in [4.69, 9.17) is 27.9 Å². The molecule has 0 aliphatic carbocycles. The number of benzene rings is 3. The molecule has 3 aromatic rings. The maximum Gasteiger partial charge on any atom is 0.261 e. The molecule has 0 aromatic heterocycles. The van der Waals surface area contributed by atoms with Crippen LogP contribution in [0, 0.1) is 0 Å². The van der Waals surface area contributed by atoms with Crippen LogP contribution in [0.2, 0.25) is 10.0 Å². The highest BCUT2D eigenvalue weighted by Gasteiger charge is 2.32. The molecule has 3 aromatic carbocycles. The fourth-order valence-corrected chi connectivity index (χ4v) is 5.09. The van der Waals surface area contributed by atoms with Crippen LogP contribution >= 0.6 is 39.1 Å². The van der Waals surface area contributed by atoms with E-state index in [1.54, 1.807) is 18.2 Å². The molecule has 0 saturated carbocycles. The third kappa shape index (κ3) is 8.72. The highest BCUT2D eigenvalue weighted by atomic mass is 79.9. The van der Waals surface area contributed by atoms with Crippen molar-refractivity contribution in [3.8, 4) is 5.75 Å². The monoisotopic (exact) mass is 632 g/mol. The molecule has 0 heterocycles. The summed E-state index contributed by atoms with van der Waals surface area (Å²) in [5, 5.41) is 3.90. The van der Waals surface area contributed by atoms with Crippen molar-refractivity contribution >= 4 is 50.9 Å². The number of nitrogens with zero attached hydrogens (tertiary/aromatic N) is 1. The summed E-state index contributed by atoms with van der Waals surface area (Å²) < 4.78 is 6.72. The lowest BCUT2D eigenvalue weighted by atomic mass is 10.0. The molecule has 208 valence electrons. The van der Waals surface area contributed by atoms with E-state index in [9.17, 15) is 9.59 Å². The molecule has 0 aliphatic heterocycles. The Bertz CT molecular complexity index is 1250. The average Bonchev–Trinajstić information content (AvgIpc) is 2.91. The molecule has 5 nitrogen and oxygen atoms in total. The van der Waals surface area contributed by atoms with E-state index in [-0.39, 0.29) is 31.0 Å². The Morgan fingerprint density at radius 3 is 2.23 bits per heavy atom. The topological polar surface area (TPSA) is 58.6 Å². The van der Waals surface area contributed by atoms with E-state index < -0.39 is 6.04 Å². The Morgan fingerprint density at radius 1 is 0.974 bits per heavy atom. The second kappa shape index (κ2) is 14.7. The molecule has 0 radical (unpaired) electrons. The number of amides is 2. The molecule has 0 spiro atoms. The van der Waals surface area contributed by atoms with Gasteiger partial charge in [-0.3, -0.25) is 9.59 Å². The number of hydrogen-bond donors (Lipinski definition) is 1. The summed E-state index contributed by atoms with van der Waals surface area (Å²) in [5.74, 6) is 0.306. The number of carbonyl (C=O) groups is 2. The quantitative estimate of drug-likeness (QED) is 0.221. The number of nitrogens with one attached hydrogen (secondary N) is 1. The van der Waals surface area contributed by atoms with Gasteiger partial charge in [0.15, 0.2) is 6.61 Å². The van der Waals surface area contributed by atoms with E-state index in [1.165, 1.54) is 4.90 Å². The third-order valence-corrected chi connectivity index (χ3v) is 7.96. The highest BCUT2D eigenvalue weighted by Crippen LogP contribution is 2.30. The predicted octanol–water partition coefficient (Wildman–Crippen LogP) is 7.81. The first-order chi connectivity index (χ1) is 18.6. The van der Waals surface area contributed by atoms with Crippen LogP contribution in [0.4, 0.5) is 0 Å². The molecule has 39 heavy (non-hydrogen) atoms. The first-order valence-electron chi connectivity index (χ1n) is 13.1. The van der Waals surface area contributed by atoms with Gasteiger partial charge in [-0.25, -0.2) is 0 Å². The Hall–Kier alpha value is -2.54. The fraction of sp³-hybridized carbons (Fsp3) is 0.355. The van der Waals surface area contributed by atoms with Crippen molar-refractivity contribution in [2.75, 3.05) is 6.61 Å². The van der Waals surface area contributed by atoms with Crippen LogP contribution in [-0.4, -0.2) is 35.4 Å². The minimum Gasteiger partial charge on any atom is -0.483 e. The van der Waals surface area contributed by atoms with Crippen LogP contribution in [0.25, 0.3) is 0 Å². The summed E-state index contributed by atoms with van der Waals surface area (Å²) in [7, 11) is 0. The maximum absolute atomic E-state index is 13.8. The third-order valence-electron chi connectivity index (χ3n) is 6.64. The molecule has 0 fully saturated rings. The lowest BCUT2D eigenvalue weighted by Crippen LogP contribution is -2.53. The first-order valence-corrected chi connectivity index (χ1v) is 14.6. The lowest BCUT2D eigenvalue weighted by molar-refractivity contribution is -0.143. The van der Waals surface area contributed by atoms with Gasteiger partial charge in [-0.05, 0) is 70.6 Å². The van der Waals surface area contributed by atoms with Crippen molar-refractivity contribution in [1.82, 2.24) is 10.2 Å². The zero-order valence-corrected chi connectivity index (χ0v) is 25.8. The van der Waals surface area contributed by atoms with Gasteiger partial charge in [-0.2, -0.15) is 0 Å². The normalized spacial score (nSPS) is 12.6. The summed E-state index contributed by atoms with van der Waals surface area (Å²) in [6.45, 7) is 7.96. The van der Waals surface area contributed by atoms with Gasteiger partial charge < -0.3 is 15.0 Å². The highest BCUT2D eigenvalue weighted by molar-refractivity contribution is 9.10. The van der Waals surface area contributed by atoms with Gasteiger partial charge in [0.2, 0.25) is 5.91 Å². The van der Waals surface area contributed by atoms with Gasteiger partial charge in [0.05, 0.1) is 4.47 Å². The minimum absolute atomic E-state index is 0.0525. The molecule has 0 aliphatic rings. The number of rotatable bonds is 12. The molecule has 0 saturated heterocycles. The van der Waals surface area contributed by atoms with E-state index in [2.05, 4.69) is 35.1 Å². The van der Waals surface area contributed by atoms with Crippen LogP contribution in [0.1, 0.15) is 56.7 Å². The van der Waals surface area contributed by atoms with Crippen molar-refractivity contribution in [1.29, 1.82) is 0 Å². The Morgan fingerprint density at radius 2 is 1.64 bits per heavy atom. The molecule has 0 unspecified atom stereocenters. The van der Waals surface area contributed by atoms with E-state index in [0.717, 1.165) is 22.0 Å². The zero-order chi connectivity index (χ0) is 28.5. The number of hydrogen-bond acceptors (Lipinski definition) is 3. The van der Waals surface area contributed by atoms with Crippen molar-refractivity contribution < 1.29 is 14.3 Å². The smallest absolute Gasteiger partial charge is 0.261 e. The summed E-state index contributed by atoms with van der Waals surface area (Å²) in [6.07, 6.45) is 1.08. The van der Waals surface area contributed by atoms with E-state index in [1.807, 2.05) is 62.4 Å². The second-order valence-electron chi connectivity index (χ2n) is 9.88. The number of ether oxygens (including phenoxy) is 1.